The normalized spacial score (nSPS) is 18.5. The van der Waals surface area contributed by atoms with Crippen molar-refractivity contribution in [3.63, 3.8) is 0 Å². The largest absolute Gasteiger partial charge is 0.338 e. The number of piperidine rings is 1. The van der Waals surface area contributed by atoms with Gasteiger partial charge in [0.2, 0.25) is 0 Å². The second-order valence-electron chi connectivity index (χ2n) is 9.35. The predicted octanol–water partition coefficient (Wildman–Crippen LogP) is 5.46. The number of hydrogen-bond acceptors (Lipinski definition) is 3. The Morgan fingerprint density at radius 2 is 1.58 bits per heavy atom. The lowest BCUT2D eigenvalue weighted by atomic mass is 9.86. The summed E-state index contributed by atoms with van der Waals surface area (Å²) < 4.78 is 0. The summed E-state index contributed by atoms with van der Waals surface area (Å²) in [5.74, 6) is 0.980. The van der Waals surface area contributed by atoms with Gasteiger partial charge in [-0.1, -0.05) is 56.6 Å². The molecule has 0 radical (unpaired) electrons. The highest BCUT2D eigenvalue weighted by Gasteiger charge is 2.47. The maximum absolute atomic E-state index is 13.2. The summed E-state index contributed by atoms with van der Waals surface area (Å²) in [5, 5.41) is 0.492. The van der Waals surface area contributed by atoms with Crippen molar-refractivity contribution in [3.8, 4) is 0 Å². The zero-order valence-corrected chi connectivity index (χ0v) is 19.9. The van der Waals surface area contributed by atoms with Crippen molar-refractivity contribution in [2.45, 2.75) is 43.9 Å². The molecule has 0 aromatic heterocycles. The number of thioether (sulfide) groups is 1. The van der Waals surface area contributed by atoms with Gasteiger partial charge < -0.3 is 9.80 Å². The van der Waals surface area contributed by atoms with Crippen LogP contribution in [0.1, 0.15) is 59.9 Å². The number of carbonyl (C=O) groups excluding carboxylic acids is 2. The van der Waals surface area contributed by atoms with E-state index in [2.05, 4.69) is 32.9 Å². The molecule has 2 aliphatic heterocycles. The predicted molar refractivity (Wildman–Crippen MR) is 128 cm³/mol. The zero-order chi connectivity index (χ0) is 22.2. The van der Waals surface area contributed by atoms with Crippen LogP contribution < -0.4 is 0 Å². The molecule has 2 amide bonds. The van der Waals surface area contributed by atoms with Gasteiger partial charge in [0, 0.05) is 31.0 Å². The third-order valence-corrected chi connectivity index (χ3v) is 8.24. The van der Waals surface area contributed by atoms with Gasteiger partial charge in [0.05, 0.1) is 15.5 Å². The van der Waals surface area contributed by atoms with E-state index in [9.17, 15) is 9.59 Å². The Labute approximate surface area is 193 Å². The molecule has 2 aromatic carbocycles. The SMILES string of the molecule is CC(C)(C)c1ccc(C(=O)N2CCC3(CC2)SCCN3C(=O)c2ccccc2Cl)cc1. The lowest BCUT2D eigenvalue weighted by molar-refractivity contribution is 0.0498. The van der Waals surface area contributed by atoms with E-state index in [-0.39, 0.29) is 22.1 Å². The van der Waals surface area contributed by atoms with Crippen LogP contribution in [0.5, 0.6) is 0 Å². The molecule has 164 valence electrons. The van der Waals surface area contributed by atoms with Gasteiger partial charge in [0.1, 0.15) is 0 Å². The van der Waals surface area contributed by atoms with E-state index in [0.717, 1.165) is 30.7 Å². The summed E-state index contributed by atoms with van der Waals surface area (Å²) in [4.78, 5) is 30.0. The molecule has 2 fully saturated rings. The number of rotatable bonds is 2. The molecule has 0 atom stereocenters. The molecule has 2 aromatic rings. The summed E-state index contributed by atoms with van der Waals surface area (Å²) in [7, 11) is 0. The van der Waals surface area contributed by atoms with E-state index >= 15 is 0 Å². The van der Waals surface area contributed by atoms with Crippen LogP contribution >= 0.6 is 23.4 Å². The molecular formula is C25H29ClN2O2S. The number of nitrogens with zero attached hydrogens (tertiary/aromatic N) is 2. The average Bonchev–Trinajstić information content (AvgIpc) is 3.16. The van der Waals surface area contributed by atoms with Gasteiger partial charge in [0.15, 0.2) is 0 Å². The topological polar surface area (TPSA) is 40.6 Å². The monoisotopic (exact) mass is 456 g/mol. The van der Waals surface area contributed by atoms with E-state index in [1.807, 2.05) is 45.8 Å². The zero-order valence-electron chi connectivity index (χ0n) is 18.4. The third-order valence-electron chi connectivity index (χ3n) is 6.36. The minimum Gasteiger partial charge on any atom is -0.338 e. The van der Waals surface area contributed by atoms with E-state index in [1.165, 1.54) is 5.56 Å². The number of amides is 2. The van der Waals surface area contributed by atoms with E-state index < -0.39 is 0 Å². The molecule has 2 heterocycles. The fraction of sp³-hybridized carbons (Fsp3) is 0.440. The number of carbonyl (C=O) groups is 2. The number of hydrogen-bond donors (Lipinski definition) is 0. The molecule has 31 heavy (non-hydrogen) atoms. The van der Waals surface area contributed by atoms with E-state index in [0.29, 0.717) is 23.7 Å². The van der Waals surface area contributed by atoms with E-state index in [4.69, 9.17) is 11.6 Å². The Balaban J connectivity index is 1.45. The second kappa shape index (κ2) is 8.51. The molecular weight excluding hydrogens is 428 g/mol. The van der Waals surface area contributed by atoms with Crippen molar-refractivity contribution in [2.75, 3.05) is 25.4 Å². The smallest absolute Gasteiger partial charge is 0.256 e. The molecule has 0 N–H and O–H groups in total. The summed E-state index contributed by atoms with van der Waals surface area (Å²) in [6, 6.07) is 15.2. The van der Waals surface area contributed by atoms with Gasteiger partial charge >= 0.3 is 0 Å². The molecule has 4 rings (SSSR count). The van der Waals surface area contributed by atoms with Gasteiger partial charge in [-0.2, -0.15) is 0 Å². The molecule has 0 saturated carbocycles. The summed E-state index contributed by atoms with van der Waals surface area (Å²) in [6.07, 6.45) is 1.55. The van der Waals surface area contributed by atoms with E-state index in [1.54, 1.807) is 12.1 Å². The van der Waals surface area contributed by atoms with Crippen molar-refractivity contribution < 1.29 is 9.59 Å². The Bertz CT molecular complexity index is 976. The minimum absolute atomic E-state index is 0.00635. The number of likely N-dealkylation sites (tertiary alicyclic amines) is 1. The summed E-state index contributed by atoms with van der Waals surface area (Å²) in [6.45, 7) is 8.53. The van der Waals surface area contributed by atoms with Crippen molar-refractivity contribution >= 4 is 35.2 Å². The molecule has 6 heteroatoms. The Hall–Kier alpha value is -1.98. The summed E-state index contributed by atoms with van der Waals surface area (Å²) >= 11 is 8.13. The highest BCUT2D eigenvalue weighted by molar-refractivity contribution is 8.00. The van der Waals surface area contributed by atoms with Crippen molar-refractivity contribution in [2.24, 2.45) is 0 Å². The first kappa shape index (κ1) is 22.2. The van der Waals surface area contributed by atoms with Crippen molar-refractivity contribution in [3.05, 3.63) is 70.2 Å². The maximum Gasteiger partial charge on any atom is 0.256 e. The number of benzene rings is 2. The van der Waals surface area contributed by atoms with Crippen LogP contribution in [0.2, 0.25) is 5.02 Å². The lowest BCUT2D eigenvalue weighted by Crippen LogP contribution is -2.53. The Morgan fingerprint density at radius 1 is 0.935 bits per heavy atom. The quantitative estimate of drug-likeness (QED) is 0.602. The molecule has 0 bridgehead atoms. The first-order valence-electron chi connectivity index (χ1n) is 10.8. The summed E-state index contributed by atoms with van der Waals surface area (Å²) in [5.41, 5.74) is 2.57. The highest BCUT2D eigenvalue weighted by atomic mass is 35.5. The molecule has 0 unspecified atom stereocenters. The third kappa shape index (κ3) is 4.35. The minimum atomic E-state index is -0.247. The fourth-order valence-corrected chi connectivity index (χ4v) is 6.12. The molecule has 2 aliphatic rings. The van der Waals surface area contributed by atoms with Gasteiger partial charge in [0.25, 0.3) is 11.8 Å². The van der Waals surface area contributed by atoms with Crippen LogP contribution in [-0.2, 0) is 5.41 Å². The van der Waals surface area contributed by atoms with Crippen molar-refractivity contribution in [1.29, 1.82) is 0 Å². The molecule has 0 aliphatic carbocycles. The molecule has 4 nitrogen and oxygen atoms in total. The standard InChI is InChI=1S/C25H29ClN2O2S/c1-24(2,3)19-10-8-18(9-11-19)22(29)27-14-12-25(13-15-27)28(16-17-31-25)23(30)20-6-4-5-7-21(20)26/h4-11H,12-17H2,1-3H3. The lowest BCUT2D eigenvalue weighted by Gasteiger charge is -2.44. The number of halogens is 1. The maximum atomic E-state index is 13.2. The Morgan fingerprint density at radius 3 is 2.19 bits per heavy atom. The Kier molecular flexibility index (Phi) is 6.10. The van der Waals surface area contributed by atoms with Gasteiger partial charge in [-0.15, -0.1) is 11.8 Å². The van der Waals surface area contributed by atoms with Gasteiger partial charge in [-0.3, -0.25) is 9.59 Å². The van der Waals surface area contributed by atoms with Gasteiger partial charge in [-0.25, -0.2) is 0 Å². The first-order chi connectivity index (χ1) is 14.7. The fourth-order valence-electron chi connectivity index (χ4n) is 4.44. The second-order valence-corrected chi connectivity index (χ2v) is 11.2. The van der Waals surface area contributed by atoms with Crippen molar-refractivity contribution in [1.82, 2.24) is 9.80 Å². The molecule has 1 spiro atoms. The van der Waals surface area contributed by atoms with Crippen LogP contribution in [0.3, 0.4) is 0 Å². The first-order valence-corrected chi connectivity index (χ1v) is 12.2. The average molecular weight is 457 g/mol. The van der Waals surface area contributed by atoms with Gasteiger partial charge in [-0.05, 0) is 48.1 Å². The molecule has 2 saturated heterocycles. The van der Waals surface area contributed by atoms with Crippen LogP contribution in [0.25, 0.3) is 0 Å². The highest BCUT2D eigenvalue weighted by Crippen LogP contribution is 2.45. The van der Waals surface area contributed by atoms with Crippen LogP contribution in [0.4, 0.5) is 0 Å². The van der Waals surface area contributed by atoms with Crippen LogP contribution in [0, 0.1) is 0 Å². The van der Waals surface area contributed by atoms with Crippen LogP contribution in [0.15, 0.2) is 48.5 Å². The van der Waals surface area contributed by atoms with Crippen LogP contribution in [-0.4, -0.2) is 51.9 Å².